The average Bonchev–Trinajstić information content (AvgIpc) is 3.06. The fourth-order valence-electron chi connectivity index (χ4n) is 6.08. The molecule has 0 amide bonds. The summed E-state index contributed by atoms with van der Waals surface area (Å²) in [5, 5.41) is -0.753. The van der Waals surface area contributed by atoms with E-state index >= 15 is 0 Å². The number of ether oxygens (including phenoxy) is 1. The van der Waals surface area contributed by atoms with Gasteiger partial charge in [0.1, 0.15) is 11.1 Å². The van der Waals surface area contributed by atoms with Crippen molar-refractivity contribution in [3.05, 3.63) is 23.5 Å². The predicted octanol–water partition coefficient (Wildman–Crippen LogP) is 2.36. The summed E-state index contributed by atoms with van der Waals surface area (Å²) in [5.41, 5.74) is 5.16. The van der Waals surface area contributed by atoms with Gasteiger partial charge in [0.15, 0.2) is 9.84 Å². The molecule has 2 saturated carbocycles. The Morgan fingerprint density at radius 1 is 1.23 bits per heavy atom. The Morgan fingerprint density at radius 3 is 2.50 bits per heavy atom. The smallest absolute Gasteiger partial charge is 0.380 e. The van der Waals surface area contributed by atoms with Crippen LogP contribution in [0, 0.1) is 24.2 Å². The van der Waals surface area contributed by atoms with E-state index in [1.54, 1.807) is 0 Å². The Bertz CT molecular complexity index is 956. The summed E-state index contributed by atoms with van der Waals surface area (Å²) in [7, 11) is -3.90. The maximum absolute atomic E-state index is 13.7. The van der Waals surface area contributed by atoms with Crippen molar-refractivity contribution in [1.82, 2.24) is 9.88 Å². The molecule has 166 valence electrons. The van der Waals surface area contributed by atoms with Gasteiger partial charge in [-0.2, -0.15) is 13.2 Å². The second kappa shape index (κ2) is 6.63. The molecule has 1 aromatic heterocycles. The SMILES string of the molecule is Cc1nc(C(F)(F)F)ccc1S(=O)(=O)[C@H]1[C@H]2C[C@@H](N)C[C@@H]2CN1C1CC2(COC2)C1. The number of pyridine rings is 1. The molecule has 2 aliphatic heterocycles. The van der Waals surface area contributed by atoms with Gasteiger partial charge >= 0.3 is 6.18 Å². The van der Waals surface area contributed by atoms with E-state index in [-0.39, 0.29) is 39.9 Å². The van der Waals surface area contributed by atoms with E-state index in [9.17, 15) is 21.6 Å². The lowest BCUT2D eigenvalue weighted by atomic mass is 9.63. The van der Waals surface area contributed by atoms with E-state index < -0.39 is 27.1 Å². The van der Waals surface area contributed by atoms with E-state index in [2.05, 4.69) is 9.88 Å². The first-order valence-electron chi connectivity index (χ1n) is 10.4. The van der Waals surface area contributed by atoms with Crippen LogP contribution in [0.3, 0.4) is 0 Å². The van der Waals surface area contributed by atoms with E-state index in [0.717, 1.165) is 44.6 Å². The molecule has 10 heteroatoms. The zero-order valence-corrected chi connectivity index (χ0v) is 17.5. The van der Waals surface area contributed by atoms with Gasteiger partial charge in [-0.25, -0.2) is 13.4 Å². The number of nitrogens with two attached hydrogens (primary N) is 1. The van der Waals surface area contributed by atoms with Crippen molar-refractivity contribution in [2.24, 2.45) is 23.0 Å². The zero-order chi connectivity index (χ0) is 21.5. The quantitative estimate of drug-likeness (QED) is 0.769. The van der Waals surface area contributed by atoms with Crippen LogP contribution in [0.4, 0.5) is 13.2 Å². The Kier molecular flexibility index (Phi) is 4.57. The first-order valence-corrected chi connectivity index (χ1v) is 11.9. The molecular formula is C20H26F3N3O3S. The third kappa shape index (κ3) is 3.10. The van der Waals surface area contributed by atoms with Crippen LogP contribution in [0.2, 0.25) is 0 Å². The summed E-state index contributed by atoms with van der Waals surface area (Å²) in [6, 6.07) is 1.97. The Labute approximate surface area is 173 Å². The number of alkyl halides is 3. The van der Waals surface area contributed by atoms with Crippen molar-refractivity contribution in [3.8, 4) is 0 Å². The molecule has 1 spiro atoms. The van der Waals surface area contributed by atoms with Crippen LogP contribution in [-0.4, -0.2) is 55.5 Å². The molecular weight excluding hydrogens is 419 g/mol. The summed E-state index contributed by atoms with van der Waals surface area (Å²) in [5.74, 6) is 0.109. The molecule has 4 fully saturated rings. The molecule has 30 heavy (non-hydrogen) atoms. The average molecular weight is 446 g/mol. The number of sulfone groups is 1. The molecule has 5 rings (SSSR count). The second-order valence-electron chi connectivity index (χ2n) is 9.62. The maximum atomic E-state index is 13.7. The molecule has 2 N–H and O–H groups in total. The molecule has 0 unspecified atom stereocenters. The predicted molar refractivity (Wildman–Crippen MR) is 102 cm³/mol. The molecule has 6 nitrogen and oxygen atoms in total. The van der Waals surface area contributed by atoms with Gasteiger partial charge in [-0.3, -0.25) is 4.90 Å². The van der Waals surface area contributed by atoms with Crippen LogP contribution in [-0.2, 0) is 20.8 Å². The Hall–Kier alpha value is -1.23. The fraction of sp³-hybridized carbons (Fsp3) is 0.750. The van der Waals surface area contributed by atoms with E-state index in [0.29, 0.717) is 13.0 Å². The number of hydrogen-bond acceptors (Lipinski definition) is 6. The topological polar surface area (TPSA) is 85.5 Å². The zero-order valence-electron chi connectivity index (χ0n) is 16.7. The molecule has 4 atom stereocenters. The number of likely N-dealkylation sites (tertiary alicyclic amines) is 1. The number of aromatic nitrogens is 1. The molecule has 3 heterocycles. The normalized spacial score (nSPS) is 34.0. The van der Waals surface area contributed by atoms with Crippen molar-refractivity contribution in [2.75, 3.05) is 19.8 Å². The molecule has 4 aliphatic rings. The molecule has 0 aromatic carbocycles. The Balaban J connectivity index is 1.48. The standard InChI is InChI=1S/C20H26F3N3O3S/c1-11-16(2-3-17(25-11)20(21,22)23)30(27,28)18-15-5-13(24)4-12(15)8-26(18)14-6-19(7-14)9-29-10-19/h2-3,12-15,18H,4-10,24H2,1H3/t12-,13+,15+,18+/m1/s1. The number of nitrogens with zero attached hydrogens (tertiary/aromatic N) is 2. The summed E-state index contributed by atoms with van der Waals surface area (Å²) >= 11 is 0. The molecule has 1 aromatic rings. The number of hydrogen-bond donors (Lipinski definition) is 1. The summed E-state index contributed by atoms with van der Waals surface area (Å²) in [6.45, 7) is 3.48. The van der Waals surface area contributed by atoms with Crippen molar-refractivity contribution >= 4 is 9.84 Å². The van der Waals surface area contributed by atoms with Gasteiger partial charge in [0.05, 0.1) is 23.8 Å². The maximum Gasteiger partial charge on any atom is 0.433 e. The van der Waals surface area contributed by atoms with Gasteiger partial charge in [0.2, 0.25) is 0 Å². The largest absolute Gasteiger partial charge is 0.433 e. The lowest BCUT2D eigenvalue weighted by molar-refractivity contribution is -0.184. The summed E-state index contributed by atoms with van der Waals surface area (Å²) < 4.78 is 71.8. The highest BCUT2D eigenvalue weighted by Crippen LogP contribution is 2.54. The first-order chi connectivity index (χ1) is 14.0. The number of fused-ring (bicyclic) bond motifs is 1. The Morgan fingerprint density at radius 2 is 1.93 bits per heavy atom. The minimum atomic E-state index is -4.61. The summed E-state index contributed by atoms with van der Waals surface area (Å²) in [4.78, 5) is 5.56. The van der Waals surface area contributed by atoms with Crippen LogP contribution < -0.4 is 5.73 Å². The van der Waals surface area contributed by atoms with Crippen LogP contribution in [0.15, 0.2) is 17.0 Å². The van der Waals surface area contributed by atoms with E-state index in [1.165, 1.54) is 6.92 Å². The van der Waals surface area contributed by atoms with Crippen molar-refractivity contribution < 1.29 is 26.3 Å². The monoisotopic (exact) mass is 445 g/mol. The minimum Gasteiger partial charge on any atom is -0.380 e. The van der Waals surface area contributed by atoms with Gasteiger partial charge in [-0.1, -0.05) is 0 Å². The summed E-state index contributed by atoms with van der Waals surface area (Å²) in [6.07, 6.45) is -1.37. The van der Waals surface area contributed by atoms with Crippen LogP contribution in [0.5, 0.6) is 0 Å². The van der Waals surface area contributed by atoms with Crippen LogP contribution >= 0.6 is 0 Å². The van der Waals surface area contributed by atoms with Crippen LogP contribution in [0.1, 0.15) is 37.1 Å². The third-order valence-electron chi connectivity index (χ3n) is 7.50. The van der Waals surface area contributed by atoms with Gasteiger partial charge in [0.25, 0.3) is 0 Å². The highest BCUT2D eigenvalue weighted by Gasteiger charge is 2.59. The minimum absolute atomic E-state index is 0.0283. The van der Waals surface area contributed by atoms with Gasteiger partial charge in [0, 0.05) is 24.0 Å². The number of halogens is 3. The van der Waals surface area contributed by atoms with Crippen LogP contribution in [0.25, 0.3) is 0 Å². The van der Waals surface area contributed by atoms with E-state index in [1.807, 2.05) is 0 Å². The molecule has 2 saturated heterocycles. The van der Waals surface area contributed by atoms with Gasteiger partial charge in [-0.15, -0.1) is 0 Å². The van der Waals surface area contributed by atoms with E-state index in [4.69, 9.17) is 10.5 Å². The highest BCUT2D eigenvalue weighted by atomic mass is 32.2. The van der Waals surface area contributed by atoms with Gasteiger partial charge in [-0.05, 0) is 56.6 Å². The fourth-order valence-corrected chi connectivity index (χ4v) is 8.47. The van der Waals surface area contributed by atoms with Crippen molar-refractivity contribution in [1.29, 1.82) is 0 Å². The lowest BCUT2D eigenvalue weighted by Gasteiger charge is -2.56. The first kappa shape index (κ1) is 20.7. The number of rotatable bonds is 3. The third-order valence-corrected chi connectivity index (χ3v) is 9.80. The van der Waals surface area contributed by atoms with Crippen molar-refractivity contribution in [3.63, 3.8) is 0 Å². The molecule has 2 aliphatic carbocycles. The highest BCUT2D eigenvalue weighted by molar-refractivity contribution is 7.92. The van der Waals surface area contributed by atoms with Gasteiger partial charge < -0.3 is 10.5 Å². The second-order valence-corrected chi connectivity index (χ2v) is 11.6. The van der Waals surface area contributed by atoms with Crippen molar-refractivity contribution in [2.45, 2.75) is 61.1 Å². The molecule has 0 radical (unpaired) electrons. The molecule has 0 bridgehead atoms. The number of aryl methyl sites for hydroxylation is 1. The lowest BCUT2D eigenvalue weighted by Crippen LogP contribution is -2.61.